The van der Waals surface area contributed by atoms with Crippen molar-refractivity contribution in [2.45, 2.75) is 45.6 Å². The fraction of sp³-hybridized carbons (Fsp3) is 0.600. The van der Waals surface area contributed by atoms with Crippen molar-refractivity contribution in [1.82, 2.24) is 15.1 Å². The average molecular weight is 472 g/mol. The summed E-state index contributed by atoms with van der Waals surface area (Å²) in [4.78, 5) is 20.4. The highest BCUT2D eigenvalue weighted by molar-refractivity contribution is 14.0. The molecule has 1 aromatic rings. The molecule has 5 nitrogen and oxygen atoms in total. The van der Waals surface area contributed by atoms with Crippen molar-refractivity contribution in [3.05, 3.63) is 35.4 Å². The van der Waals surface area contributed by atoms with Crippen molar-refractivity contribution in [3.63, 3.8) is 0 Å². The largest absolute Gasteiger partial charge is 0.354 e. The van der Waals surface area contributed by atoms with E-state index < -0.39 is 0 Å². The fourth-order valence-corrected chi connectivity index (χ4v) is 3.09. The van der Waals surface area contributed by atoms with E-state index in [0.29, 0.717) is 12.0 Å². The van der Waals surface area contributed by atoms with E-state index in [2.05, 4.69) is 60.2 Å². The van der Waals surface area contributed by atoms with Crippen molar-refractivity contribution in [1.29, 1.82) is 0 Å². The number of guanidine groups is 1. The van der Waals surface area contributed by atoms with Gasteiger partial charge in [0.15, 0.2) is 5.96 Å². The fourth-order valence-electron chi connectivity index (χ4n) is 3.09. The summed E-state index contributed by atoms with van der Waals surface area (Å²) >= 11 is 0. The van der Waals surface area contributed by atoms with E-state index in [1.807, 2.05) is 0 Å². The number of hydrogen-bond donors (Lipinski definition) is 1. The quantitative estimate of drug-likeness (QED) is 0.407. The normalized spacial score (nSPS) is 18.3. The van der Waals surface area contributed by atoms with Crippen LogP contribution in [-0.4, -0.2) is 61.4 Å². The van der Waals surface area contributed by atoms with Gasteiger partial charge in [-0.2, -0.15) is 0 Å². The molecule has 1 saturated heterocycles. The van der Waals surface area contributed by atoms with Gasteiger partial charge < -0.3 is 15.1 Å². The Morgan fingerprint density at radius 2 is 2.08 bits per heavy atom. The van der Waals surface area contributed by atoms with Gasteiger partial charge in [-0.1, -0.05) is 31.2 Å². The molecule has 0 saturated carbocycles. The van der Waals surface area contributed by atoms with Crippen LogP contribution in [0.5, 0.6) is 0 Å². The van der Waals surface area contributed by atoms with Crippen molar-refractivity contribution in [3.8, 4) is 0 Å². The third-order valence-corrected chi connectivity index (χ3v) is 4.97. The minimum Gasteiger partial charge on any atom is -0.354 e. The van der Waals surface area contributed by atoms with Gasteiger partial charge in [-0.15, -0.1) is 24.0 Å². The molecule has 26 heavy (non-hydrogen) atoms. The average Bonchev–Trinajstić information content (AvgIpc) is 3.07. The van der Waals surface area contributed by atoms with Crippen LogP contribution in [0.1, 0.15) is 43.7 Å². The summed E-state index contributed by atoms with van der Waals surface area (Å²) in [5.41, 5.74) is 2.78. The van der Waals surface area contributed by atoms with Gasteiger partial charge in [-0.3, -0.25) is 4.79 Å². The van der Waals surface area contributed by atoms with Gasteiger partial charge in [0.05, 0.1) is 0 Å². The molecule has 1 amide bonds. The number of nitrogens with zero attached hydrogens (tertiary/aromatic N) is 3. The molecular formula is C20H33IN4O. The summed E-state index contributed by atoms with van der Waals surface area (Å²) in [5.74, 6) is 1.41. The zero-order valence-corrected chi connectivity index (χ0v) is 19.0. The number of carbonyl (C=O) groups is 1. The highest BCUT2D eigenvalue weighted by Gasteiger charge is 2.27. The Morgan fingerprint density at radius 1 is 1.38 bits per heavy atom. The lowest BCUT2D eigenvalue weighted by Crippen LogP contribution is -2.44. The van der Waals surface area contributed by atoms with Crippen LogP contribution in [0, 0.1) is 6.92 Å². The molecule has 1 aromatic carbocycles. The van der Waals surface area contributed by atoms with Gasteiger partial charge in [0, 0.05) is 39.1 Å². The lowest BCUT2D eigenvalue weighted by atomic mass is 9.94. The molecule has 1 aliphatic heterocycles. The number of amides is 1. The Kier molecular flexibility index (Phi) is 9.39. The van der Waals surface area contributed by atoms with Crippen LogP contribution in [0.15, 0.2) is 29.3 Å². The van der Waals surface area contributed by atoms with Gasteiger partial charge in [-0.05, 0) is 37.8 Å². The first-order valence-electron chi connectivity index (χ1n) is 9.24. The van der Waals surface area contributed by atoms with Crippen LogP contribution in [-0.2, 0) is 4.79 Å². The molecule has 6 heteroatoms. The minimum atomic E-state index is 0. The first-order valence-corrected chi connectivity index (χ1v) is 9.24. The number of aliphatic imine (C=N–C) groups is 1. The predicted molar refractivity (Wildman–Crippen MR) is 119 cm³/mol. The zero-order valence-electron chi connectivity index (χ0n) is 16.7. The molecule has 1 aliphatic rings. The number of carbonyl (C=O) groups excluding carboxylic acids is 1. The topological polar surface area (TPSA) is 47.9 Å². The molecule has 0 radical (unpaired) electrons. The first-order chi connectivity index (χ1) is 11.9. The summed E-state index contributed by atoms with van der Waals surface area (Å²) in [6.45, 7) is 8.59. The van der Waals surface area contributed by atoms with Crippen LogP contribution in [0.2, 0.25) is 0 Å². The summed E-state index contributed by atoms with van der Waals surface area (Å²) < 4.78 is 0. The minimum absolute atomic E-state index is 0. The number of likely N-dealkylation sites (tertiary alicyclic amines) is 1. The maximum Gasteiger partial charge on any atom is 0.243 e. The van der Waals surface area contributed by atoms with E-state index in [1.165, 1.54) is 11.1 Å². The maximum atomic E-state index is 11.9. The molecule has 0 aliphatic carbocycles. The molecule has 1 fully saturated rings. The second kappa shape index (κ2) is 10.7. The molecule has 146 valence electrons. The van der Waals surface area contributed by atoms with E-state index in [0.717, 1.165) is 31.9 Å². The standard InChI is InChI=1S/C20H32N4O.HI/c1-6-16(3)22-20(21-13-19(25)23(4)5)24-12-11-17(14-24)18-10-8-7-9-15(18)2;/h7-10,16-17H,6,11-14H2,1-5H3,(H,21,22);1H. The third kappa shape index (κ3) is 6.14. The molecule has 0 aromatic heterocycles. The summed E-state index contributed by atoms with van der Waals surface area (Å²) in [6.07, 6.45) is 2.14. The van der Waals surface area contributed by atoms with E-state index in [4.69, 9.17) is 0 Å². The van der Waals surface area contributed by atoms with Crippen molar-refractivity contribution >= 4 is 35.8 Å². The number of benzene rings is 1. The van der Waals surface area contributed by atoms with E-state index in [-0.39, 0.29) is 36.4 Å². The Bertz CT molecular complexity index is 618. The molecule has 1 heterocycles. The van der Waals surface area contributed by atoms with Crippen LogP contribution in [0.25, 0.3) is 0 Å². The maximum absolute atomic E-state index is 11.9. The SMILES string of the molecule is CCC(C)NC(=NCC(=O)N(C)C)N1CCC(c2ccccc2C)C1.I. The number of rotatable bonds is 5. The molecular weight excluding hydrogens is 439 g/mol. The molecule has 2 atom stereocenters. The highest BCUT2D eigenvalue weighted by atomic mass is 127. The first kappa shape index (κ1) is 22.7. The molecule has 2 unspecified atom stereocenters. The van der Waals surface area contributed by atoms with Gasteiger partial charge >= 0.3 is 0 Å². The summed E-state index contributed by atoms with van der Waals surface area (Å²) in [5, 5.41) is 3.49. The summed E-state index contributed by atoms with van der Waals surface area (Å²) in [7, 11) is 3.54. The molecule has 0 bridgehead atoms. The number of halogens is 1. The Hall–Kier alpha value is -1.31. The molecule has 2 rings (SSSR count). The van der Waals surface area contributed by atoms with E-state index in [1.54, 1.807) is 19.0 Å². The zero-order chi connectivity index (χ0) is 18.4. The third-order valence-electron chi connectivity index (χ3n) is 4.97. The molecule has 1 N–H and O–H groups in total. The lowest BCUT2D eigenvalue weighted by molar-refractivity contribution is -0.127. The van der Waals surface area contributed by atoms with Gasteiger partial charge in [0.25, 0.3) is 0 Å². The Morgan fingerprint density at radius 3 is 2.69 bits per heavy atom. The van der Waals surface area contributed by atoms with Crippen molar-refractivity contribution in [2.24, 2.45) is 4.99 Å². The van der Waals surface area contributed by atoms with Crippen LogP contribution >= 0.6 is 24.0 Å². The second-order valence-electron chi connectivity index (χ2n) is 7.17. The smallest absolute Gasteiger partial charge is 0.243 e. The van der Waals surface area contributed by atoms with E-state index in [9.17, 15) is 4.79 Å². The van der Waals surface area contributed by atoms with Crippen LogP contribution in [0.4, 0.5) is 0 Å². The van der Waals surface area contributed by atoms with Gasteiger partial charge in [-0.25, -0.2) is 4.99 Å². The second-order valence-corrected chi connectivity index (χ2v) is 7.17. The number of nitrogens with one attached hydrogen (secondary N) is 1. The van der Waals surface area contributed by atoms with Crippen molar-refractivity contribution in [2.75, 3.05) is 33.7 Å². The van der Waals surface area contributed by atoms with Gasteiger partial charge in [0.2, 0.25) is 5.91 Å². The van der Waals surface area contributed by atoms with E-state index >= 15 is 0 Å². The van der Waals surface area contributed by atoms with Crippen molar-refractivity contribution < 1.29 is 4.79 Å². The Labute approximate surface area is 175 Å². The number of aryl methyl sites for hydroxylation is 1. The van der Waals surface area contributed by atoms with Gasteiger partial charge in [0.1, 0.15) is 6.54 Å². The summed E-state index contributed by atoms with van der Waals surface area (Å²) in [6, 6.07) is 8.96. The Balaban J connectivity index is 0.00000338. The monoisotopic (exact) mass is 472 g/mol. The number of likely N-dealkylation sites (N-methyl/N-ethyl adjacent to an activating group) is 1. The predicted octanol–water partition coefficient (Wildman–Crippen LogP) is 3.23. The van der Waals surface area contributed by atoms with Crippen LogP contribution < -0.4 is 5.32 Å². The highest BCUT2D eigenvalue weighted by Crippen LogP contribution is 2.29. The number of hydrogen-bond acceptors (Lipinski definition) is 2. The van der Waals surface area contributed by atoms with Crippen LogP contribution in [0.3, 0.4) is 0 Å². The lowest BCUT2D eigenvalue weighted by Gasteiger charge is -2.25. The molecule has 0 spiro atoms.